The molecule has 1 aliphatic heterocycles. The van der Waals surface area contributed by atoms with Gasteiger partial charge in [0, 0.05) is 28.6 Å². The third kappa shape index (κ3) is 2.96. The van der Waals surface area contributed by atoms with Gasteiger partial charge in [-0.05, 0) is 24.3 Å². The number of aromatic nitrogens is 1. The van der Waals surface area contributed by atoms with Crippen LogP contribution in [0.5, 0.6) is 0 Å². The molecular formula is C18H12Cl2N4OS. The second kappa shape index (κ2) is 6.72. The normalized spacial score (nSPS) is 15.4. The number of amides is 1. The first kappa shape index (κ1) is 17.0. The molecule has 0 saturated carbocycles. The SMILES string of the molecule is Cn1c(-c2ccc(Cl)cc2Cl)cs/c1=N\N=C1\C(=O)Nc2ccccc21. The van der Waals surface area contributed by atoms with Crippen molar-refractivity contribution in [3.8, 4) is 11.3 Å². The molecule has 0 atom stereocenters. The Morgan fingerprint density at radius 2 is 1.88 bits per heavy atom. The average Bonchev–Trinajstić information content (AvgIpc) is 3.13. The van der Waals surface area contributed by atoms with E-state index >= 15 is 0 Å². The second-order valence-electron chi connectivity index (χ2n) is 5.64. The zero-order chi connectivity index (χ0) is 18.3. The fraction of sp³-hybridized carbons (Fsp3) is 0.0556. The lowest BCUT2D eigenvalue weighted by Gasteiger charge is -2.05. The van der Waals surface area contributed by atoms with Gasteiger partial charge in [0.25, 0.3) is 5.91 Å². The van der Waals surface area contributed by atoms with E-state index in [9.17, 15) is 4.79 Å². The first-order valence-corrected chi connectivity index (χ1v) is 9.30. The number of anilines is 1. The summed E-state index contributed by atoms with van der Waals surface area (Å²) in [5.74, 6) is -0.255. The maximum atomic E-state index is 12.1. The van der Waals surface area contributed by atoms with Crippen LogP contribution in [-0.2, 0) is 11.8 Å². The molecular weight excluding hydrogens is 391 g/mol. The molecule has 26 heavy (non-hydrogen) atoms. The quantitative estimate of drug-likeness (QED) is 0.637. The van der Waals surface area contributed by atoms with Gasteiger partial charge in [-0.15, -0.1) is 21.5 Å². The molecule has 2 heterocycles. The molecule has 0 fully saturated rings. The maximum absolute atomic E-state index is 12.1. The highest BCUT2D eigenvalue weighted by atomic mass is 35.5. The molecule has 1 aliphatic rings. The van der Waals surface area contributed by atoms with Gasteiger partial charge in [-0.1, -0.05) is 41.4 Å². The van der Waals surface area contributed by atoms with Gasteiger partial charge in [-0.2, -0.15) is 0 Å². The van der Waals surface area contributed by atoms with Crippen molar-refractivity contribution in [3.63, 3.8) is 0 Å². The van der Waals surface area contributed by atoms with Crippen LogP contribution in [0, 0.1) is 0 Å². The molecule has 0 spiro atoms. The first-order chi connectivity index (χ1) is 12.5. The molecule has 1 aromatic heterocycles. The zero-order valence-electron chi connectivity index (χ0n) is 13.5. The molecule has 5 nitrogen and oxygen atoms in total. The molecule has 0 bridgehead atoms. The molecule has 4 rings (SSSR count). The first-order valence-electron chi connectivity index (χ1n) is 7.67. The van der Waals surface area contributed by atoms with Crippen LogP contribution in [0.2, 0.25) is 10.0 Å². The number of nitrogens with one attached hydrogen (secondary N) is 1. The van der Waals surface area contributed by atoms with Crippen molar-refractivity contribution in [2.75, 3.05) is 5.32 Å². The van der Waals surface area contributed by atoms with E-state index in [1.165, 1.54) is 11.3 Å². The molecule has 130 valence electrons. The molecule has 1 N–H and O–H groups in total. The number of carbonyl (C=O) groups excluding carboxylic acids is 1. The number of thiazole rings is 1. The van der Waals surface area contributed by atoms with E-state index in [4.69, 9.17) is 23.2 Å². The zero-order valence-corrected chi connectivity index (χ0v) is 15.9. The number of benzene rings is 2. The predicted octanol–water partition coefficient (Wildman–Crippen LogP) is 4.32. The molecule has 3 aromatic rings. The Morgan fingerprint density at radius 1 is 1.08 bits per heavy atom. The molecule has 8 heteroatoms. The van der Waals surface area contributed by atoms with Crippen molar-refractivity contribution >= 4 is 51.8 Å². The number of hydrogen-bond acceptors (Lipinski definition) is 4. The Morgan fingerprint density at radius 3 is 2.69 bits per heavy atom. The minimum Gasteiger partial charge on any atom is -0.320 e. The van der Waals surface area contributed by atoms with Crippen LogP contribution >= 0.6 is 34.5 Å². The summed E-state index contributed by atoms with van der Waals surface area (Å²) in [4.78, 5) is 12.8. The minimum atomic E-state index is -0.255. The number of rotatable bonds is 2. The summed E-state index contributed by atoms with van der Waals surface area (Å²) >= 11 is 13.7. The van der Waals surface area contributed by atoms with Crippen LogP contribution in [0.4, 0.5) is 5.69 Å². The maximum Gasteiger partial charge on any atom is 0.276 e. The average molecular weight is 403 g/mol. The fourth-order valence-corrected chi connectivity index (χ4v) is 4.05. The van der Waals surface area contributed by atoms with E-state index in [1.54, 1.807) is 12.1 Å². The molecule has 0 unspecified atom stereocenters. The lowest BCUT2D eigenvalue weighted by Crippen LogP contribution is -2.15. The molecule has 2 aromatic carbocycles. The Labute approximate surface area is 163 Å². The summed E-state index contributed by atoms with van der Waals surface area (Å²) in [6.45, 7) is 0. The standard InChI is InChI=1S/C18H12Cl2N4OS/c1-24-15(11-7-6-10(19)8-13(11)20)9-26-18(24)23-22-16-12-4-2-3-5-14(12)21-17(16)25/h2-9H,1H3,(H,21,22,25)/b23-18-. The Kier molecular flexibility index (Phi) is 4.40. The van der Waals surface area contributed by atoms with Gasteiger partial charge in [0.1, 0.15) is 0 Å². The second-order valence-corrected chi connectivity index (χ2v) is 7.32. The van der Waals surface area contributed by atoms with Crippen LogP contribution in [0.25, 0.3) is 11.3 Å². The third-order valence-corrected chi connectivity index (χ3v) is 5.47. The van der Waals surface area contributed by atoms with Crippen LogP contribution in [0.1, 0.15) is 5.56 Å². The summed E-state index contributed by atoms with van der Waals surface area (Å²) in [6, 6.07) is 12.8. The highest BCUT2D eigenvalue weighted by molar-refractivity contribution is 7.07. The van der Waals surface area contributed by atoms with Crippen LogP contribution in [0.3, 0.4) is 0 Å². The highest BCUT2D eigenvalue weighted by Crippen LogP contribution is 2.30. The third-order valence-electron chi connectivity index (χ3n) is 4.01. The Hall–Kier alpha value is -2.41. The molecule has 0 radical (unpaired) electrons. The number of nitrogens with zero attached hydrogens (tertiary/aromatic N) is 3. The van der Waals surface area contributed by atoms with Gasteiger partial charge in [-0.3, -0.25) is 4.79 Å². The van der Waals surface area contributed by atoms with Crippen molar-refractivity contribution in [1.29, 1.82) is 0 Å². The van der Waals surface area contributed by atoms with Crippen LogP contribution in [0.15, 0.2) is 58.0 Å². The van der Waals surface area contributed by atoms with E-state index < -0.39 is 0 Å². The largest absolute Gasteiger partial charge is 0.320 e. The monoisotopic (exact) mass is 402 g/mol. The van der Waals surface area contributed by atoms with Crippen molar-refractivity contribution in [1.82, 2.24) is 4.57 Å². The van der Waals surface area contributed by atoms with E-state index in [0.717, 1.165) is 22.5 Å². The lowest BCUT2D eigenvalue weighted by atomic mass is 10.1. The van der Waals surface area contributed by atoms with Gasteiger partial charge < -0.3 is 9.88 Å². The van der Waals surface area contributed by atoms with Crippen molar-refractivity contribution in [3.05, 3.63) is 68.3 Å². The minimum absolute atomic E-state index is 0.255. The van der Waals surface area contributed by atoms with Gasteiger partial charge in [0.15, 0.2) is 5.71 Å². The van der Waals surface area contributed by atoms with Crippen LogP contribution in [-0.4, -0.2) is 16.2 Å². The predicted molar refractivity (Wildman–Crippen MR) is 106 cm³/mol. The van der Waals surface area contributed by atoms with Crippen molar-refractivity contribution in [2.45, 2.75) is 0 Å². The molecule has 0 aliphatic carbocycles. The Balaban J connectivity index is 1.76. The lowest BCUT2D eigenvalue weighted by molar-refractivity contribution is -0.110. The van der Waals surface area contributed by atoms with Gasteiger partial charge in [-0.25, -0.2) is 0 Å². The summed E-state index contributed by atoms with van der Waals surface area (Å²) in [7, 11) is 1.87. The molecule has 0 saturated heterocycles. The summed E-state index contributed by atoms with van der Waals surface area (Å²) in [5, 5.41) is 14.3. The number of carbonyl (C=O) groups is 1. The number of halogens is 2. The van der Waals surface area contributed by atoms with Gasteiger partial charge in [0.2, 0.25) is 4.80 Å². The highest BCUT2D eigenvalue weighted by Gasteiger charge is 2.25. The van der Waals surface area contributed by atoms with Crippen molar-refractivity contribution < 1.29 is 4.79 Å². The summed E-state index contributed by atoms with van der Waals surface area (Å²) in [5.41, 5.74) is 3.55. The summed E-state index contributed by atoms with van der Waals surface area (Å²) < 4.78 is 1.88. The number of para-hydroxylation sites is 1. The van der Waals surface area contributed by atoms with E-state index in [0.29, 0.717) is 20.6 Å². The fourth-order valence-electron chi connectivity index (χ4n) is 2.70. The van der Waals surface area contributed by atoms with Gasteiger partial charge >= 0.3 is 0 Å². The Bertz CT molecular complexity index is 1130. The van der Waals surface area contributed by atoms with Crippen LogP contribution < -0.4 is 10.1 Å². The summed E-state index contributed by atoms with van der Waals surface area (Å²) in [6.07, 6.45) is 0. The molecule has 1 amide bonds. The van der Waals surface area contributed by atoms with Gasteiger partial charge in [0.05, 0.1) is 16.4 Å². The topological polar surface area (TPSA) is 58.8 Å². The van der Waals surface area contributed by atoms with E-state index in [1.807, 2.05) is 47.3 Å². The van der Waals surface area contributed by atoms with E-state index in [2.05, 4.69) is 15.5 Å². The number of fused-ring (bicyclic) bond motifs is 1. The number of hydrogen-bond donors (Lipinski definition) is 1. The smallest absolute Gasteiger partial charge is 0.276 e. The van der Waals surface area contributed by atoms with Crippen molar-refractivity contribution in [2.24, 2.45) is 17.3 Å². The van der Waals surface area contributed by atoms with E-state index in [-0.39, 0.29) is 5.91 Å².